The van der Waals surface area contributed by atoms with E-state index in [1.165, 1.54) is 0 Å². The zero-order chi connectivity index (χ0) is 12.4. The van der Waals surface area contributed by atoms with Crippen LogP contribution < -0.4 is 11.1 Å². The summed E-state index contributed by atoms with van der Waals surface area (Å²) in [6.07, 6.45) is 0. The molecule has 2 aromatic heterocycles. The summed E-state index contributed by atoms with van der Waals surface area (Å²) < 4.78 is 10.8. The van der Waals surface area contributed by atoms with Crippen molar-refractivity contribution in [3.63, 3.8) is 0 Å². The number of hydrogen-bond acceptors (Lipinski definition) is 6. The van der Waals surface area contributed by atoms with Gasteiger partial charge in [-0.15, -0.1) is 5.10 Å². The van der Waals surface area contributed by atoms with Crippen LogP contribution in [0.15, 0.2) is 14.9 Å². The number of furan rings is 1. The summed E-state index contributed by atoms with van der Waals surface area (Å²) in [6, 6.07) is 2.41. The summed E-state index contributed by atoms with van der Waals surface area (Å²) >= 11 is 0. The van der Waals surface area contributed by atoms with Crippen molar-refractivity contribution in [3.05, 3.63) is 29.0 Å². The van der Waals surface area contributed by atoms with E-state index in [1.807, 2.05) is 26.8 Å². The minimum absolute atomic E-state index is 0.0403. The van der Waals surface area contributed by atoms with Crippen molar-refractivity contribution in [2.75, 3.05) is 5.32 Å². The SMILES string of the molecule is Cc1cc(C(C)Nc2nnc(CN)o2)c(C)o1. The summed E-state index contributed by atoms with van der Waals surface area (Å²) in [6.45, 7) is 6.10. The van der Waals surface area contributed by atoms with E-state index in [9.17, 15) is 0 Å². The smallest absolute Gasteiger partial charge is 0.315 e. The van der Waals surface area contributed by atoms with Crippen molar-refractivity contribution in [1.82, 2.24) is 10.2 Å². The zero-order valence-corrected chi connectivity index (χ0v) is 10.2. The molecule has 92 valence electrons. The number of hydrogen-bond donors (Lipinski definition) is 2. The standard InChI is InChI=1S/C11H16N4O2/c1-6-4-9(8(3)16-6)7(2)13-11-15-14-10(5-12)17-11/h4,7H,5,12H2,1-3H3,(H,13,15). The molecule has 0 fully saturated rings. The van der Waals surface area contributed by atoms with Gasteiger partial charge in [-0.25, -0.2) is 0 Å². The summed E-state index contributed by atoms with van der Waals surface area (Å²) in [7, 11) is 0. The first-order chi connectivity index (χ1) is 8.10. The fourth-order valence-electron chi connectivity index (χ4n) is 1.74. The summed E-state index contributed by atoms with van der Waals surface area (Å²) in [5.74, 6) is 2.19. The Kier molecular flexibility index (Phi) is 3.14. The van der Waals surface area contributed by atoms with Crippen molar-refractivity contribution in [2.45, 2.75) is 33.4 Å². The van der Waals surface area contributed by atoms with Crippen LogP contribution in [-0.4, -0.2) is 10.2 Å². The molecule has 2 rings (SSSR count). The second-order valence-corrected chi connectivity index (χ2v) is 3.94. The lowest BCUT2D eigenvalue weighted by Gasteiger charge is -2.10. The van der Waals surface area contributed by atoms with E-state index in [1.54, 1.807) is 0 Å². The van der Waals surface area contributed by atoms with Gasteiger partial charge < -0.3 is 19.9 Å². The molecule has 6 heteroatoms. The number of aromatic nitrogens is 2. The Morgan fingerprint density at radius 2 is 2.12 bits per heavy atom. The molecule has 0 saturated carbocycles. The molecule has 6 nitrogen and oxygen atoms in total. The lowest BCUT2D eigenvalue weighted by molar-refractivity contribution is 0.494. The van der Waals surface area contributed by atoms with Crippen LogP contribution in [0, 0.1) is 13.8 Å². The Morgan fingerprint density at radius 1 is 1.35 bits per heavy atom. The Bertz CT molecular complexity index is 503. The monoisotopic (exact) mass is 236 g/mol. The van der Waals surface area contributed by atoms with Crippen molar-refractivity contribution in [3.8, 4) is 0 Å². The third kappa shape index (κ3) is 2.47. The molecule has 0 spiro atoms. The lowest BCUT2D eigenvalue weighted by Crippen LogP contribution is -2.07. The molecular weight excluding hydrogens is 220 g/mol. The van der Waals surface area contributed by atoms with Gasteiger partial charge in [-0.05, 0) is 26.8 Å². The van der Waals surface area contributed by atoms with Gasteiger partial charge in [0.15, 0.2) is 0 Å². The molecule has 17 heavy (non-hydrogen) atoms. The highest BCUT2D eigenvalue weighted by Crippen LogP contribution is 2.24. The predicted octanol–water partition coefficient (Wildman–Crippen LogP) is 1.91. The second-order valence-electron chi connectivity index (χ2n) is 3.94. The van der Waals surface area contributed by atoms with E-state index in [0.717, 1.165) is 17.1 Å². The van der Waals surface area contributed by atoms with Crippen LogP contribution in [0.3, 0.4) is 0 Å². The maximum atomic E-state index is 5.47. The van der Waals surface area contributed by atoms with Gasteiger partial charge in [-0.3, -0.25) is 0 Å². The van der Waals surface area contributed by atoms with E-state index in [0.29, 0.717) is 11.9 Å². The first-order valence-corrected chi connectivity index (χ1v) is 5.46. The number of nitrogens with zero attached hydrogens (tertiary/aromatic N) is 2. The van der Waals surface area contributed by atoms with Crippen LogP contribution in [0.25, 0.3) is 0 Å². The fraction of sp³-hybridized carbons (Fsp3) is 0.455. The van der Waals surface area contributed by atoms with E-state index in [4.69, 9.17) is 14.6 Å². The zero-order valence-electron chi connectivity index (χ0n) is 10.2. The van der Waals surface area contributed by atoms with Gasteiger partial charge in [0.1, 0.15) is 11.5 Å². The van der Waals surface area contributed by atoms with Crippen LogP contribution in [0.2, 0.25) is 0 Å². The quantitative estimate of drug-likeness (QED) is 0.842. The Hall–Kier alpha value is -1.82. The average molecular weight is 236 g/mol. The number of anilines is 1. The molecule has 2 heterocycles. The van der Waals surface area contributed by atoms with Crippen molar-refractivity contribution >= 4 is 6.01 Å². The highest BCUT2D eigenvalue weighted by atomic mass is 16.4. The summed E-state index contributed by atoms with van der Waals surface area (Å²) in [5.41, 5.74) is 6.47. The molecule has 1 unspecified atom stereocenters. The van der Waals surface area contributed by atoms with Crippen LogP contribution in [0.1, 0.15) is 35.9 Å². The molecule has 0 aliphatic heterocycles. The van der Waals surface area contributed by atoms with E-state index >= 15 is 0 Å². The molecule has 0 aliphatic rings. The van der Waals surface area contributed by atoms with Gasteiger partial charge in [0, 0.05) is 5.56 Å². The fourth-order valence-corrected chi connectivity index (χ4v) is 1.74. The van der Waals surface area contributed by atoms with Gasteiger partial charge in [-0.1, -0.05) is 5.10 Å². The molecule has 0 saturated heterocycles. The third-order valence-corrected chi connectivity index (χ3v) is 2.53. The third-order valence-electron chi connectivity index (χ3n) is 2.53. The number of rotatable bonds is 4. The highest BCUT2D eigenvalue weighted by Gasteiger charge is 2.15. The van der Waals surface area contributed by atoms with Gasteiger partial charge in [0.05, 0.1) is 12.6 Å². The van der Waals surface area contributed by atoms with Gasteiger partial charge in [-0.2, -0.15) is 0 Å². The minimum Gasteiger partial charge on any atom is -0.466 e. The number of nitrogens with one attached hydrogen (secondary N) is 1. The van der Waals surface area contributed by atoms with Crippen LogP contribution in [-0.2, 0) is 6.54 Å². The minimum atomic E-state index is 0.0403. The molecule has 0 bridgehead atoms. The van der Waals surface area contributed by atoms with Crippen LogP contribution in [0.4, 0.5) is 6.01 Å². The highest BCUT2D eigenvalue weighted by molar-refractivity contribution is 5.31. The molecule has 2 aromatic rings. The largest absolute Gasteiger partial charge is 0.466 e. The first-order valence-electron chi connectivity index (χ1n) is 5.46. The second kappa shape index (κ2) is 4.58. The summed E-state index contributed by atoms with van der Waals surface area (Å²) in [5, 5.41) is 10.7. The molecule has 3 N–H and O–H groups in total. The first kappa shape index (κ1) is 11.7. The molecular formula is C11H16N4O2. The maximum absolute atomic E-state index is 5.47. The lowest BCUT2D eigenvalue weighted by atomic mass is 10.1. The molecule has 1 atom stereocenters. The van der Waals surface area contributed by atoms with Crippen molar-refractivity contribution in [1.29, 1.82) is 0 Å². The number of nitrogens with two attached hydrogens (primary N) is 1. The van der Waals surface area contributed by atoms with Gasteiger partial charge in [0.25, 0.3) is 0 Å². The van der Waals surface area contributed by atoms with Crippen molar-refractivity contribution in [2.24, 2.45) is 5.73 Å². The van der Waals surface area contributed by atoms with E-state index in [-0.39, 0.29) is 12.6 Å². The van der Waals surface area contributed by atoms with Gasteiger partial charge in [0.2, 0.25) is 5.89 Å². The normalized spacial score (nSPS) is 12.7. The van der Waals surface area contributed by atoms with E-state index < -0.39 is 0 Å². The van der Waals surface area contributed by atoms with E-state index in [2.05, 4.69) is 15.5 Å². The Labute approximate surface area is 99.2 Å². The Balaban J connectivity index is 2.11. The van der Waals surface area contributed by atoms with Crippen molar-refractivity contribution < 1.29 is 8.83 Å². The Morgan fingerprint density at radius 3 is 2.65 bits per heavy atom. The predicted molar refractivity (Wildman–Crippen MR) is 62.4 cm³/mol. The molecule has 0 aromatic carbocycles. The molecule has 0 radical (unpaired) electrons. The number of aryl methyl sites for hydroxylation is 2. The van der Waals surface area contributed by atoms with Gasteiger partial charge >= 0.3 is 6.01 Å². The molecule has 0 amide bonds. The average Bonchev–Trinajstić information content (AvgIpc) is 2.85. The maximum Gasteiger partial charge on any atom is 0.315 e. The van der Waals surface area contributed by atoms with Crippen LogP contribution >= 0.6 is 0 Å². The molecule has 0 aliphatic carbocycles. The topological polar surface area (TPSA) is 90.1 Å². The van der Waals surface area contributed by atoms with Crippen LogP contribution in [0.5, 0.6) is 0 Å². The summed E-state index contributed by atoms with van der Waals surface area (Å²) in [4.78, 5) is 0.